The van der Waals surface area contributed by atoms with Gasteiger partial charge >= 0.3 is 0 Å². The largest absolute Gasteiger partial charge is 0.326 e. The number of nitrogens with one attached hydrogen (secondary N) is 2. The summed E-state index contributed by atoms with van der Waals surface area (Å²) in [6.07, 6.45) is 1.74. The third-order valence-electron chi connectivity index (χ3n) is 4.82. The summed E-state index contributed by atoms with van der Waals surface area (Å²) >= 11 is 0. The van der Waals surface area contributed by atoms with E-state index in [0.717, 1.165) is 5.56 Å². The highest BCUT2D eigenvalue weighted by Gasteiger charge is 2.33. The first kappa shape index (κ1) is 17.6. The molecular weight excluding hydrogens is 344 g/mol. The van der Waals surface area contributed by atoms with Gasteiger partial charge in [-0.1, -0.05) is 6.92 Å². The molecule has 2 unspecified atom stereocenters. The van der Waals surface area contributed by atoms with Gasteiger partial charge in [-0.15, -0.1) is 0 Å². The maximum absolute atomic E-state index is 12.5. The summed E-state index contributed by atoms with van der Waals surface area (Å²) in [7, 11) is -3.99. The summed E-state index contributed by atoms with van der Waals surface area (Å²) in [5.41, 5.74) is 1.33. The zero-order chi connectivity index (χ0) is 18.2. The van der Waals surface area contributed by atoms with Crippen molar-refractivity contribution in [1.82, 2.24) is 4.72 Å². The van der Waals surface area contributed by atoms with Crippen LogP contribution < -0.4 is 10.0 Å². The number of benzene rings is 1. The first-order valence-corrected chi connectivity index (χ1v) is 9.76. The van der Waals surface area contributed by atoms with E-state index in [9.17, 15) is 22.8 Å². The molecule has 1 aliphatic carbocycles. The van der Waals surface area contributed by atoms with Crippen LogP contribution in [0.5, 0.6) is 0 Å². The number of fused-ring (bicyclic) bond motifs is 1. The molecule has 25 heavy (non-hydrogen) atoms. The summed E-state index contributed by atoms with van der Waals surface area (Å²) in [5.74, 6) is -1.21. The maximum atomic E-state index is 12.5. The molecule has 0 aromatic heterocycles. The smallest absolute Gasteiger partial charge is 0.264 e. The van der Waals surface area contributed by atoms with Crippen LogP contribution >= 0.6 is 0 Å². The van der Waals surface area contributed by atoms with Crippen molar-refractivity contribution in [2.75, 3.05) is 5.32 Å². The number of sulfonamides is 1. The summed E-state index contributed by atoms with van der Waals surface area (Å²) in [5, 5.41) is 2.69. The van der Waals surface area contributed by atoms with Crippen LogP contribution in [0.15, 0.2) is 23.1 Å². The number of hydrogen-bond donors (Lipinski definition) is 2. The molecule has 2 atom stereocenters. The lowest BCUT2D eigenvalue weighted by atomic mass is 9.79. The molecule has 0 radical (unpaired) electrons. The van der Waals surface area contributed by atoms with Gasteiger partial charge < -0.3 is 5.32 Å². The van der Waals surface area contributed by atoms with E-state index in [0.29, 0.717) is 37.8 Å². The van der Waals surface area contributed by atoms with Crippen molar-refractivity contribution in [2.45, 2.75) is 43.9 Å². The number of carbonyl (C=O) groups is 3. The maximum Gasteiger partial charge on any atom is 0.264 e. The molecule has 2 N–H and O–H groups in total. The molecule has 7 nitrogen and oxygen atoms in total. The third-order valence-corrected chi connectivity index (χ3v) is 6.17. The quantitative estimate of drug-likeness (QED) is 0.842. The van der Waals surface area contributed by atoms with Crippen molar-refractivity contribution in [1.29, 1.82) is 0 Å². The Kier molecular flexibility index (Phi) is 4.64. The Morgan fingerprint density at radius 3 is 2.68 bits per heavy atom. The van der Waals surface area contributed by atoms with Gasteiger partial charge in [0.1, 0.15) is 5.78 Å². The van der Waals surface area contributed by atoms with Gasteiger partial charge in [0.2, 0.25) is 11.8 Å². The van der Waals surface area contributed by atoms with Crippen LogP contribution in [-0.4, -0.2) is 26.0 Å². The van der Waals surface area contributed by atoms with E-state index in [1.807, 2.05) is 0 Å². The van der Waals surface area contributed by atoms with Crippen LogP contribution in [0, 0.1) is 11.8 Å². The van der Waals surface area contributed by atoms with Gasteiger partial charge in [-0.05, 0) is 42.5 Å². The van der Waals surface area contributed by atoms with Crippen molar-refractivity contribution in [3.63, 3.8) is 0 Å². The Balaban J connectivity index is 1.77. The van der Waals surface area contributed by atoms with E-state index in [2.05, 4.69) is 10.0 Å². The highest BCUT2D eigenvalue weighted by molar-refractivity contribution is 7.90. The number of ketones is 1. The Hall–Kier alpha value is -2.22. The van der Waals surface area contributed by atoms with E-state index >= 15 is 0 Å². The molecule has 1 aromatic rings. The fourth-order valence-corrected chi connectivity index (χ4v) is 4.47. The Morgan fingerprint density at radius 1 is 1.20 bits per heavy atom. The first-order valence-electron chi connectivity index (χ1n) is 8.27. The lowest BCUT2D eigenvalue weighted by Gasteiger charge is -2.26. The summed E-state index contributed by atoms with van der Waals surface area (Å²) < 4.78 is 27.2. The molecule has 8 heteroatoms. The van der Waals surface area contributed by atoms with Gasteiger partial charge in [0.05, 0.1) is 4.90 Å². The van der Waals surface area contributed by atoms with Crippen LogP contribution in [0.2, 0.25) is 0 Å². The standard InChI is InChI=1S/C17H20N2O5S/c1-10-8-12(20)3-5-14(10)17(22)19-25(23,24)13-4-6-15-11(9-13)2-7-16(21)18-15/h4,6,9-10,14H,2-3,5,7-8H2,1H3,(H,18,21)(H,19,22). The van der Waals surface area contributed by atoms with Crippen LogP contribution in [0.1, 0.15) is 38.2 Å². The van der Waals surface area contributed by atoms with Gasteiger partial charge in [0, 0.05) is 30.9 Å². The van der Waals surface area contributed by atoms with Crippen LogP contribution in [-0.2, 0) is 30.8 Å². The molecular formula is C17H20N2O5S. The average Bonchev–Trinajstić information content (AvgIpc) is 2.53. The minimum atomic E-state index is -3.99. The fraction of sp³-hybridized carbons (Fsp3) is 0.471. The van der Waals surface area contributed by atoms with E-state index in [1.165, 1.54) is 18.2 Å². The topological polar surface area (TPSA) is 109 Å². The molecule has 1 heterocycles. The molecule has 0 bridgehead atoms. The van der Waals surface area contributed by atoms with Gasteiger partial charge in [-0.3, -0.25) is 14.4 Å². The second-order valence-corrected chi connectivity index (χ2v) is 8.38. The normalized spacial score (nSPS) is 23.6. The van der Waals surface area contributed by atoms with E-state index in [-0.39, 0.29) is 22.5 Å². The molecule has 2 aliphatic rings. The van der Waals surface area contributed by atoms with Crippen LogP contribution in [0.3, 0.4) is 0 Å². The van der Waals surface area contributed by atoms with E-state index in [1.54, 1.807) is 6.92 Å². The fourth-order valence-electron chi connectivity index (χ4n) is 3.39. The van der Waals surface area contributed by atoms with Crippen molar-refractivity contribution < 1.29 is 22.8 Å². The van der Waals surface area contributed by atoms with Crippen LogP contribution in [0.25, 0.3) is 0 Å². The molecule has 1 fully saturated rings. The monoisotopic (exact) mass is 364 g/mol. The molecule has 2 amide bonds. The van der Waals surface area contributed by atoms with Gasteiger partial charge in [0.15, 0.2) is 0 Å². The number of aryl methyl sites for hydroxylation is 1. The first-order chi connectivity index (χ1) is 11.8. The Bertz CT molecular complexity index is 847. The number of Topliss-reactive ketones (excluding diaryl/α,β-unsaturated/α-hetero) is 1. The van der Waals surface area contributed by atoms with E-state index < -0.39 is 21.8 Å². The Labute approximate surface area is 146 Å². The number of anilines is 1. The number of carbonyl (C=O) groups excluding carboxylic acids is 3. The van der Waals surface area contributed by atoms with Crippen molar-refractivity contribution in [3.8, 4) is 0 Å². The summed E-state index contributed by atoms with van der Waals surface area (Å²) in [6.45, 7) is 1.79. The predicted molar refractivity (Wildman–Crippen MR) is 90.2 cm³/mol. The highest BCUT2D eigenvalue weighted by atomic mass is 32.2. The van der Waals surface area contributed by atoms with Gasteiger partial charge in [-0.2, -0.15) is 0 Å². The minimum Gasteiger partial charge on any atom is -0.326 e. The molecule has 1 aromatic carbocycles. The molecule has 1 aliphatic heterocycles. The van der Waals surface area contributed by atoms with Crippen LogP contribution in [0.4, 0.5) is 5.69 Å². The molecule has 1 saturated carbocycles. The molecule has 0 saturated heterocycles. The Morgan fingerprint density at radius 2 is 1.96 bits per heavy atom. The molecule has 134 valence electrons. The second-order valence-electron chi connectivity index (χ2n) is 6.70. The second kappa shape index (κ2) is 6.59. The lowest BCUT2D eigenvalue weighted by Crippen LogP contribution is -2.40. The van der Waals surface area contributed by atoms with Gasteiger partial charge in [0.25, 0.3) is 10.0 Å². The lowest BCUT2D eigenvalue weighted by molar-refractivity contribution is -0.129. The summed E-state index contributed by atoms with van der Waals surface area (Å²) in [4.78, 5) is 35.2. The van der Waals surface area contributed by atoms with Crippen molar-refractivity contribution in [2.24, 2.45) is 11.8 Å². The van der Waals surface area contributed by atoms with Crippen molar-refractivity contribution >= 4 is 33.3 Å². The third kappa shape index (κ3) is 3.73. The molecule has 0 spiro atoms. The number of amides is 2. The number of rotatable bonds is 3. The van der Waals surface area contributed by atoms with E-state index in [4.69, 9.17) is 0 Å². The van der Waals surface area contributed by atoms with Gasteiger partial charge in [-0.25, -0.2) is 13.1 Å². The summed E-state index contributed by atoms with van der Waals surface area (Å²) in [6, 6.07) is 4.39. The average molecular weight is 364 g/mol. The minimum absolute atomic E-state index is 0.00436. The molecule has 3 rings (SSSR count). The zero-order valence-electron chi connectivity index (χ0n) is 13.9. The highest BCUT2D eigenvalue weighted by Crippen LogP contribution is 2.29. The predicted octanol–water partition coefficient (Wildman–Crippen LogP) is 1.38. The SMILES string of the molecule is CC1CC(=O)CCC1C(=O)NS(=O)(=O)c1ccc2c(c1)CCC(=O)N2. The number of hydrogen-bond acceptors (Lipinski definition) is 5. The zero-order valence-corrected chi connectivity index (χ0v) is 14.7. The van der Waals surface area contributed by atoms with Crippen molar-refractivity contribution in [3.05, 3.63) is 23.8 Å².